The Labute approximate surface area is 91.9 Å². The summed E-state index contributed by atoms with van der Waals surface area (Å²) < 4.78 is 2.28. The van der Waals surface area contributed by atoms with E-state index in [1.54, 1.807) is 0 Å². The topological polar surface area (TPSA) is 29.9 Å². The summed E-state index contributed by atoms with van der Waals surface area (Å²) in [6, 6.07) is 0.775. The van der Waals surface area contributed by atoms with Gasteiger partial charge in [-0.05, 0) is 18.8 Å². The molecule has 1 unspecified atom stereocenters. The molecule has 0 aliphatic heterocycles. The minimum Gasteiger partial charge on any atom is -0.333 e. The summed E-state index contributed by atoms with van der Waals surface area (Å²) in [4.78, 5) is 4.23. The molecule has 1 aliphatic rings. The molecule has 1 N–H and O–H groups in total. The van der Waals surface area contributed by atoms with Crippen molar-refractivity contribution in [2.24, 2.45) is 5.92 Å². The molecular formula is C12H21N3. The standard InChI is InChI=1S/C12H21N3/c1-3-10(2)8-15-9-13-6-12(15)7-14-11-4-5-11/h6,9-11,14H,3-5,7-8H2,1-2H3. The van der Waals surface area contributed by atoms with Crippen molar-refractivity contribution in [3.63, 3.8) is 0 Å². The van der Waals surface area contributed by atoms with Crippen LogP contribution >= 0.6 is 0 Å². The van der Waals surface area contributed by atoms with E-state index in [0.717, 1.165) is 25.0 Å². The smallest absolute Gasteiger partial charge is 0.0948 e. The van der Waals surface area contributed by atoms with Crippen LogP contribution in [0.5, 0.6) is 0 Å². The maximum atomic E-state index is 4.23. The van der Waals surface area contributed by atoms with Crippen LogP contribution in [0, 0.1) is 5.92 Å². The quantitative estimate of drug-likeness (QED) is 0.775. The van der Waals surface area contributed by atoms with E-state index in [1.165, 1.54) is 25.0 Å². The third kappa shape index (κ3) is 3.06. The van der Waals surface area contributed by atoms with Gasteiger partial charge in [-0.1, -0.05) is 20.3 Å². The van der Waals surface area contributed by atoms with E-state index in [2.05, 4.69) is 28.7 Å². The molecule has 1 saturated carbocycles. The number of aromatic nitrogens is 2. The molecule has 1 aromatic rings. The molecule has 15 heavy (non-hydrogen) atoms. The maximum Gasteiger partial charge on any atom is 0.0948 e. The average Bonchev–Trinajstić information content (AvgIpc) is 2.97. The summed E-state index contributed by atoms with van der Waals surface area (Å²) >= 11 is 0. The summed E-state index contributed by atoms with van der Waals surface area (Å²) in [5, 5.41) is 3.53. The van der Waals surface area contributed by atoms with Gasteiger partial charge in [0.05, 0.1) is 12.0 Å². The third-order valence-corrected chi connectivity index (χ3v) is 3.15. The zero-order chi connectivity index (χ0) is 10.7. The lowest BCUT2D eigenvalue weighted by Crippen LogP contribution is -2.19. The van der Waals surface area contributed by atoms with Gasteiger partial charge in [0.25, 0.3) is 0 Å². The number of nitrogens with zero attached hydrogens (tertiary/aromatic N) is 2. The Hall–Kier alpha value is -0.830. The fourth-order valence-electron chi connectivity index (χ4n) is 1.66. The first-order valence-electron chi connectivity index (χ1n) is 6.02. The highest BCUT2D eigenvalue weighted by molar-refractivity contribution is 4.99. The summed E-state index contributed by atoms with van der Waals surface area (Å²) in [6.45, 7) is 6.60. The molecule has 1 aromatic heterocycles. The Morgan fingerprint density at radius 1 is 1.60 bits per heavy atom. The Bertz CT molecular complexity index is 302. The number of nitrogens with one attached hydrogen (secondary N) is 1. The van der Waals surface area contributed by atoms with Crippen LogP contribution in [-0.2, 0) is 13.1 Å². The van der Waals surface area contributed by atoms with Crippen molar-refractivity contribution in [3.05, 3.63) is 18.2 Å². The number of hydrogen-bond acceptors (Lipinski definition) is 2. The van der Waals surface area contributed by atoms with Crippen molar-refractivity contribution in [2.45, 2.75) is 52.2 Å². The van der Waals surface area contributed by atoms with Gasteiger partial charge in [-0.3, -0.25) is 0 Å². The third-order valence-electron chi connectivity index (χ3n) is 3.15. The van der Waals surface area contributed by atoms with Gasteiger partial charge in [0.1, 0.15) is 0 Å². The Morgan fingerprint density at radius 2 is 2.40 bits per heavy atom. The van der Waals surface area contributed by atoms with E-state index in [4.69, 9.17) is 0 Å². The van der Waals surface area contributed by atoms with E-state index in [9.17, 15) is 0 Å². The van der Waals surface area contributed by atoms with Gasteiger partial charge in [0.15, 0.2) is 0 Å². The van der Waals surface area contributed by atoms with Crippen molar-refractivity contribution in [1.82, 2.24) is 14.9 Å². The number of hydrogen-bond donors (Lipinski definition) is 1. The van der Waals surface area contributed by atoms with Crippen molar-refractivity contribution in [2.75, 3.05) is 0 Å². The zero-order valence-corrected chi connectivity index (χ0v) is 9.74. The summed E-state index contributed by atoms with van der Waals surface area (Å²) in [7, 11) is 0. The first-order valence-corrected chi connectivity index (χ1v) is 6.02. The molecular weight excluding hydrogens is 186 g/mol. The highest BCUT2D eigenvalue weighted by Crippen LogP contribution is 2.19. The molecule has 0 amide bonds. The first kappa shape index (κ1) is 10.7. The molecule has 1 fully saturated rings. The molecule has 3 nitrogen and oxygen atoms in total. The fourth-order valence-corrected chi connectivity index (χ4v) is 1.66. The molecule has 0 spiro atoms. The van der Waals surface area contributed by atoms with E-state index >= 15 is 0 Å². The second kappa shape index (κ2) is 4.79. The second-order valence-corrected chi connectivity index (χ2v) is 4.71. The lowest BCUT2D eigenvalue weighted by Gasteiger charge is -2.12. The van der Waals surface area contributed by atoms with Crippen molar-refractivity contribution in [3.8, 4) is 0 Å². The molecule has 0 radical (unpaired) electrons. The average molecular weight is 207 g/mol. The van der Waals surface area contributed by atoms with Gasteiger partial charge in [-0.15, -0.1) is 0 Å². The molecule has 2 rings (SSSR count). The molecule has 84 valence electrons. The van der Waals surface area contributed by atoms with Crippen LogP contribution in [0.1, 0.15) is 38.8 Å². The van der Waals surface area contributed by atoms with Gasteiger partial charge >= 0.3 is 0 Å². The van der Waals surface area contributed by atoms with Crippen LogP contribution < -0.4 is 5.32 Å². The highest BCUT2D eigenvalue weighted by Gasteiger charge is 2.20. The van der Waals surface area contributed by atoms with Crippen molar-refractivity contribution >= 4 is 0 Å². The van der Waals surface area contributed by atoms with Crippen LogP contribution in [0.15, 0.2) is 12.5 Å². The minimum atomic E-state index is 0.735. The molecule has 0 saturated heterocycles. The molecule has 0 aromatic carbocycles. The van der Waals surface area contributed by atoms with Crippen molar-refractivity contribution < 1.29 is 0 Å². The molecule has 1 aliphatic carbocycles. The Morgan fingerprint density at radius 3 is 3.07 bits per heavy atom. The Balaban J connectivity index is 1.88. The molecule has 1 atom stereocenters. The van der Waals surface area contributed by atoms with Crippen LogP contribution in [0.25, 0.3) is 0 Å². The highest BCUT2D eigenvalue weighted by atomic mass is 15.1. The van der Waals surface area contributed by atoms with Gasteiger partial charge in [-0.25, -0.2) is 4.98 Å². The second-order valence-electron chi connectivity index (χ2n) is 4.71. The van der Waals surface area contributed by atoms with Crippen LogP contribution in [0.2, 0.25) is 0 Å². The minimum absolute atomic E-state index is 0.735. The summed E-state index contributed by atoms with van der Waals surface area (Å²) in [5.74, 6) is 0.735. The van der Waals surface area contributed by atoms with E-state index < -0.39 is 0 Å². The zero-order valence-electron chi connectivity index (χ0n) is 9.74. The van der Waals surface area contributed by atoms with Crippen LogP contribution in [0.3, 0.4) is 0 Å². The fraction of sp³-hybridized carbons (Fsp3) is 0.750. The normalized spacial score (nSPS) is 18.0. The predicted molar refractivity (Wildman–Crippen MR) is 61.5 cm³/mol. The Kier molecular flexibility index (Phi) is 3.41. The summed E-state index contributed by atoms with van der Waals surface area (Å²) in [5.41, 5.74) is 1.32. The van der Waals surface area contributed by atoms with Gasteiger partial charge in [-0.2, -0.15) is 0 Å². The van der Waals surface area contributed by atoms with E-state index in [0.29, 0.717) is 0 Å². The molecule has 1 heterocycles. The lowest BCUT2D eigenvalue weighted by molar-refractivity contribution is 0.454. The maximum absolute atomic E-state index is 4.23. The number of rotatable bonds is 6. The van der Waals surface area contributed by atoms with Crippen LogP contribution in [0.4, 0.5) is 0 Å². The van der Waals surface area contributed by atoms with Gasteiger partial charge in [0.2, 0.25) is 0 Å². The summed E-state index contributed by atoms with van der Waals surface area (Å²) in [6.07, 6.45) is 7.86. The molecule has 0 bridgehead atoms. The van der Waals surface area contributed by atoms with Crippen molar-refractivity contribution in [1.29, 1.82) is 0 Å². The number of imidazole rings is 1. The van der Waals surface area contributed by atoms with Crippen LogP contribution in [-0.4, -0.2) is 15.6 Å². The molecule has 3 heteroatoms. The monoisotopic (exact) mass is 207 g/mol. The van der Waals surface area contributed by atoms with Gasteiger partial charge < -0.3 is 9.88 Å². The first-order chi connectivity index (χ1) is 7.29. The van der Waals surface area contributed by atoms with E-state index in [-0.39, 0.29) is 0 Å². The lowest BCUT2D eigenvalue weighted by atomic mass is 10.1. The SMILES string of the molecule is CCC(C)Cn1cncc1CNC1CC1. The van der Waals surface area contributed by atoms with E-state index in [1.807, 2.05) is 12.5 Å². The predicted octanol–water partition coefficient (Wildman–Crippen LogP) is 2.18. The van der Waals surface area contributed by atoms with Gasteiger partial charge in [0, 0.05) is 25.3 Å². The largest absolute Gasteiger partial charge is 0.333 e.